The summed E-state index contributed by atoms with van der Waals surface area (Å²) in [7, 11) is -2.86. The first-order valence-electron chi connectivity index (χ1n) is 5.73. The zero-order chi connectivity index (χ0) is 11.5. The monoisotopic (exact) mass is 234 g/mol. The highest BCUT2D eigenvalue weighted by Crippen LogP contribution is 2.32. The molecule has 0 heterocycles. The van der Waals surface area contributed by atoms with Gasteiger partial charge in [0.2, 0.25) is 0 Å². The van der Waals surface area contributed by atoms with E-state index in [1.54, 1.807) is 0 Å². The van der Waals surface area contributed by atoms with Gasteiger partial charge < -0.3 is 5.11 Å². The summed E-state index contributed by atoms with van der Waals surface area (Å²) < 4.78 is 22.9. The second-order valence-corrected chi connectivity index (χ2v) is 7.33. The number of hydrogen-bond acceptors (Lipinski definition) is 3. The first-order chi connectivity index (χ1) is 6.93. The maximum absolute atomic E-state index is 11.4. The quantitative estimate of drug-likeness (QED) is 0.804. The smallest absolute Gasteiger partial charge is 0.150 e. The van der Waals surface area contributed by atoms with Gasteiger partial charge in [0.05, 0.1) is 5.25 Å². The first kappa shape index (κ1) is 13.0. The van der Waals surface area contributed by atoms with Crippen LogP contribution < -0.4 is 0 Å². The lowest BCUT2D eigenvalue weighted by Gasteiger charge is -2.29. The molecule has 0 aromatic rings. The number of rotatable bonds is 4. The molecule has 1 rings (SSSR count). The van der Waals surface area contributed by atoms with Crippen LogP contribution in [0.1, 0.15) is 39.0 Å². The van der Waals surface area contributed by atoms with E-state index in [0.29, 0.717) is 11.8 Å². The highest BCUT2D eigenvalue weighted by Gasteiger charge is 2.29. The average molecular weight is 234 g/mol. The van der Waals surface area contributed by atoms with Crippen LogP contribution in [-0.2, 0) is 9.84 Å². The topological polar surface area (TPSA) is 54.4 Å². The van der Waals surface area contributed by atoms with Crippen LogP contribution in [0.25, 0.3) is 0 Å². The third kappa shape index (κ3) is 4.11. The molecule has 0 radical (unpaired) electrons. The minimum atomic E-state index is -2.86. The van der Waals surface area contributed by atoms with Crippen molar-refractivity contribution in [2.75, 3.05) is 12.9 Å². The Hall–Kier alpha value is -0.0900. The molecular weight excluding hydrogens is 212 g/mol. The predicted octanol–water partition coefficient (Wildman–Crippen LogP) is 1.61. The van der Waals surface area contributed by atoms with Crippen LogP contribution in [0.15, 0.2) is 0 Å². The normalized spacial score (nSPS) is 30.1. The Morgan fingerprint density at radius 2 is 2.07 bits per heavy atom. The highest BCUT2D eigenvalue weighted by molar-refractivity contribution is 7.91. The average Bonchev–Trinajstić information content (AvgIpc) is 2.17. The van der Waals surface area contributed by atoms with E-state index in [9.17, 15) is 8.42 Å². The molecule has 3 unspecified atom stereocenters. The van der Waals surface area contributed by atoms with Gasteiger partial charge in [0.25, 0.3) is 0 Å². The first-order valence-corrected chi connectivity index (χ1v) is 7.68. The van der Waals surface area contributed by atoms with Gasteiger partial charge in [-0.05, 0) is 31.1 Å². The van der Waals surface area contributed by atoms with Crippen LogP contribution in [0.2, 0.25) is 0 Å². The SMILES string of the molecule is CC(CO)CC1CCCC(S(C)(=O)=O)C1. The molecule has 1 aliphatic carbocycles. The van der Waals surface area contributed by atoms with E-state index in [2.05, 4.69) is 0 Å². The summed E-state index contributed by atoms with van der Waals surface area (Å²) in [5, 5.41) is 8.84. The maximum atomic E-state index is 11.4. The van der Waals surface area contributed by atoms with E-state index < -0.39 is 9.84 Å². The van der Waals surface area contributed by atoms with Crippen LogP contribution in [0, 0.1) is 11.8 Å². The molecule has 3 nitrogen and oxygen atoms in total. The molecule has 0 bridgehead atoms. The number of aliphatic hydroxyl groups excluding tert-OH is 1. The fourth-order valence-corrected chi connectivity index (χ4v) is 3.70. The molecule has 90 valence electrons. The zero-order valence-corrected chi connectivity index (χ0v) is 10.5. The fourth-order valence-electron chi connectivity index (χ4n) is 2.49. The Morgan fingerprint density at radius 3 is 2.60 bits per heavy atom. The molecule has 15 heavy (non-hydrogen) atoms. The molecule has 0 spiro atoms. The molecule has 0 aromatic carbocycles. The van der Waals surface area contributed by atoms with Crippen molar-refractivity contribution in [1.82, 2.24) is 0 Å². The molecule has 0 aliphatic heterocycles. The van der Waals surface area contributed by atoms with Crippen LogP contribution in [0.5, 0.6) is 0 Å². The van der Waals surface area contributed by atoms with Crippen molar-refractivity contribution < 1.29 is 13.5 Å². The minimum Gasteiger partial charge on any atom is -0.396 e. The molecule has 0 amide bonds. The predicted molar refractivity (Wildman–Crippen MR) is 61.5 cm³/mol. The van der Waals surface area contributed by atoms with Crippen molar-refractivity contribution in [3.05, 3.63) is 0 Å². The third-order valence-electron chi connectivity index (χ3n) is 3.39. The van der Waals surface area contributed by atoms with Gasteiger partial charge in [-0.15, -0.1) is 0 Å². The van der Waals surface area contributed by atoms with Gasteiger partial charge in [-0.2, -0.15) is 0 Å². The molecular formula is C11H22O3S. The molecule has 3 atom stereocenters. The summed E-state index contributed by atoms with van der Waals surface area (Å²) in [6.45, 7) is 2.23. The highest BCUT2D eigenvalue weighted by atomic mass is 32.2. The second-order valence-electron chi connectivity index (χ2n) is 5.01. The van der Waals surface area contributed by atoms with Crippen LogP contribution in [0.4, 0.5) is 0 Å². The maximum Gasteiger partial charge on any atom is 0.150 e. The van der Waals surface area contributed by atoms with E-state index in [-0.39, 0.29) is 11.9 Å². The van der Waals surface area contributed by atoms with Crippen molar-refractivity contribution in [3.63, 3.8) is 0 Å². The van der Waals surface area contributed by atoms with Gasteiger partial charge >= 0.3 is 0 Å². The number of hydrogen-bond donors (Lipinski definition) is 1. The summed E-state index contributed by atoms with van der Waals surface area (Å²) >= 11 is 0. The Kier molecular flexibility index (Phi) is 4.59. The van der Waals surface area contributed by atoms with Crippen molar-refractivity contribution in [3.8, 4) is 0 Å². The largest absolute Gasteiger partial charge is 0.396 e. The van der Waals surface area contributed by atoms with Crippen LogP contribution in [0.3, 0.4) is 0 Å². The molecule has 1 N–H and O–H groups in total. The molecule has 0 aromatic heterocycles. The molecule has 1 saturated carbocycles. The van der Waals surface area contributed by atoms with E-state index in [1.165, 1.54) is 6.26 Å². The van der Waals surface area contributed by atoms with Crippen LogP contribution >= 0.6 is 0 Å². The molecule has 4 heteroatoms. The summed E-state index contributed by atoms with van der Waals surface area (Å²) in [5.74, 6) is 0.786. The van der Waals surface area contributed by atoms with Crippen molar-refractivity contribution in [2.24, 2.45) is 11.8 Å². The summed E-state index contributed by atoms with van der Waals surface area (Å²) in [6, 6.07) is 0. The molecule has 1 aliphatic rings. The zero-order valence-electron chi connectivity index (χ0n) is 9.65. The van der Waals surface area contributed by atoms with Crippen molar-refractivity contribution in [2.45, 2.75) is 44.3 Å². The van der Waals surface area contributed by atoms with E-state index in [0.717, 1.165) is 32.1 Å². The number of sulfone groups is 1. The standard InChI is InChI=1S/C11H22O3S/c1-9(8-12)6-10-4-3-5-11(7-10)15(2,13)14/h9-12H,3-8H2,1-2H3. The number of aliphatic hydroxyl groups is 1. The Bertz CT molecular complexity index is 284. The van der Waals surface area contributed by atoms with Gasteiger partial charge in [0.1, 0.15) is 9.84 Å². The van der Waals surface area contributed by atoms with Gasteiger partial charge in [0.15, 0.2) is 0 Å². The lowest BCUT2D eigenvalue weighted by Crippen LogP contribution is -2.28. The summed E-state index contributed by atoms with van der Waals surface area (Å²) in [5.41, 5.74) is 0. The van der Waals surface area contributed by atoms with E-state index in [1.807, 2.05) is 6.92 Å². The minimum absolute atomic E-state index is 0.137. The molecule has 1 fully saturated rings. The van der Waals surface area contributed by atoms with Gasteiger partial charge in [0, 0.05) is 12.9 Å². The fraction of sp³-hybridized carbons (Fsp3) is 1.00. The Balaban J connectivity index is 2.49. The lowest BCUT2D eigenvalue weighted by atomic mass is 9.83. The second kappa shape index (κ2) is 5.30. The van der Waals surface area contributed by atoms with Gasteiger partial charge in [-0.1, -0.05) is 19.8 Å². The van der Waals surface area contributed by atoms with Gasteiger partial charge in [-0.3, -0.25) is 0 Å². The van der Waals surface area contributed by atoms with E-state index >= 15 is 0 Å². The van der Waals surface area contributed by atoms with Gasteiger partial charge in [-0.25, -0.2) is 8.42 Å². The molecule has 0 saturated heterocycles. The van der Waals surface area contributed by atoms with Crippen LogP contribution in [-0.4, -0.2) is 31.6 Å². The van der Waals surface area contributed by atoms with Crippen molar-refractivity contribution in [1.29, 1.82) is 0 Å². The Labute approximate surface area is 92.8 Å². The van der Waals surface area contributed by atoms with E-state index in [4.69, 9.17) is 5.11 Å². The lowest BCUT2D eigenvalue weighted by molar-refractivity contribution is 0.197. The van der Waals surface area contributed by atoms with Crippen molar-refractivity contribution >= 4 is 9.84 Å². The third-order valence-corrected chi connectivity index (χ3v) is 5.03. The summed E-state index contributed by atoms with van der Waals surface area (Å²) in [4.78, 5) is 0. The Morgan fingerprint density at radius 1 is 1.40 bits per heavy atom. The summed E-state index contributed by atoms with van der Waals surface area (Å²) in [6.07, 6.45) is 6.06.